The minimum absolute atomic E-state index is 0.0378. The highest BCUT2D eigenvalue weighted by Gasteiger charge is 2.59. The van der Waals surface area contributed by atoms with E-state index in [2.05, 4.69) is 6.07 Å². The Kier molecular flexibility index (Phi) is 5.06. The molecule has 160 valence electrons. The topological polar surface area (TPSA) is 63.7 Å². The number of carbonyl (C=O) groups is 1. The molecule has 0 bridgehead atoms. The van der Waals surface area contributed by atoms with Gasteiger partial charge in [-0.15, -0.1) is 0 Å². The lowest BCUT2D eigenvalue weighted by atomic mass is 9.65. The maximum absolute atomic E-state index is 13.9. The second-order valence-corrected chi connectivity index (χ2v) is 10.8. The van der Waals surface area contributed by atoms with E-state index in [0.29, 0.717) is 18.7 Å². The first-order valence-corrected chi connectivity index (χ1v) is 11.9. The molecule has 0 spiro atoms. The normalized spacial score (nSPS) is 25.2. The third-order valence-electron chi connectivity index (χ3n) is 6.58. The number of benzene rings is 2. The molecule has 2 aromatic rings. The van der Waals surface area contributed by atoms with E-state index < -0.39 is 21.5 Å². The smallest absolute Gasteiger partial charge is 0.264 e. The van der Waals surface area contributed by atoms with Crippen LogP contribution in [0.15, 0.2) is 47.4 Å². The van der Waals surface area contributed by atoms with Crippen LogP contribution in [0.3, 0.4) is 0 Å². The Bertz CT molecular complexity index is 1090. The minimum atomic E-state index is -3.86. The molecule has 3 atom stereocenters. The average Bonchev–Trinajstić information content (AvgIpc) is 3.03. The zero-order valence-electron chi connectivity index (χ0n) is 18.2. The number of ether oxygens (including phenoxy) is 1. The number of rotatable bonds is 4. The summed E-state index contributed by atoms with van der Waals surface area (Å²) in [7, 11) is -3.86. The zero-order chi connectivity index (χ0) is 21.8. The Morgan fingerprint density at radius 1 is 1.07 bits per heavy atom. The molecular weight excluding hydrogens is 398 g/mol. The number of hydrogen-bond acceptors (Lipinski definition) is 4. The van der Waals surface area contributed by atoms with Crippen LogP contribution in [0.25, 0.3) is 0 Å². The predicted octanol–water partition coefficient (Wildman–Crippen LogP) is 4.37. The van der Waals surface area contributed by atoms with E-state index in [4.69, 9.17) is 4.74 Å². The van der Waals surface area contributed by atoms with Gasteiger partial charge in [-0.3, -0.25) is 9.10 Å². The van der Waals surface area contributed by atoms with E-state index >= 15 is 0 Å². The molecule has 5 nitrogen and oxygen atoms in total. The predicted molar refractivity (Wildman–Crippen MR) is 117 cm³/mol. The van der Waals surface area contributed by atoms with Crippen molar-refractivity contribution in [1.29, 1.82) is 0 Å². The van der Waals surface area contributed by atoms with Gasteiger partial charge in [-0.05, 0) is 44.5 Å². The monoisotopic (exact) mass is 427 g/mol. The van der Waals surface area contributed by atoms with Crippen molar-refractivity contribution in [3.8, 4) is 0 Å². The fourth-order valence-electron chi connectivity index (χ4n) is 4.97. The molecule has 2 aromatic carbocycles. The Balaban J connectivity index is 1.96. The van der Waals surface area contributed by atoms with Crippen LogP contribution in [-0.2, 0) is 19.6 Å². The number of hydrogen-bond donors (Lipinski definition) is 0. The van der Waals surface area contributed by atoms with Crippen LogP contribution in [0.4, 0.5) is 5.69 Å². The van der Waals surface area contributed by atoms with Gasteiger partial charge >= 0.3 is 0 Å². The number of aryl methyl sites for hydroxylation is 2. The summed E-state index contributed by atoms with van der Waals surface area (Å²) in [6, 6.07) is 12.2. The molecule has 1 fully saturated rings. The highest BCUT2D eigenvalue weighted by atomic mass is 32.2. The molecule has 0 saturated heterocycles. The molecule has 0 unspecified atom stereocenters. The van der Waals surface area contributed by atoms with Crippen molar-refractivity contribution in [2.45, 2.75) is 64.0 Å². The van der Waals surface area contributed by atoms with E-state index in [-0.39, 0.29) is 22.7 Å². The summed E-state index contributed by atoms with van der Waals surface area (Å²) in [5, 5.41) is 0. The molecular formula is C24H29NO4S. The molecule has 30 heavy (non-hydrogen) atoms. The van der Waals surface area contributed by atoms with Crippen LogP contribution < -0.4 is 4.31 Å². The molecule has 1 aliphatic carbocycles. The van der Waals surface area contributed by atoms with Crippen molar-refractivity contribution in [3.05, 3.63) is 59.2 Å². The maximum Gasteiger partial charge on any atom is 0.264 e. The van der Waals surface area contributed by atoms with Crippen LogP contribution in [0.2, 0.25) is 0 Å². The number of Topliss-reactive ketones (excluding diaryl/α,β-unsaturated/α-hetero) is 1. The van der Waals surface area contributed by atoms with Gasteiger partial charge < -0.3 is 4.74 Å². The molecule has 0 radical (unpaired) electrons. The summed E-state index contributed by atoms with van der Waals surface area (Å²) in [5.74, 6) is -0.149. The molecule has 2 aliphatic rings. The van der Waals surface area contributed by atoms with Crippen LogP contribution in [0.1, 0.15) is 49.8 Å². The van der Waals surface area contributed by atoms with Gasteiger partial charge in [-0.2, -0.15) is 0 Å². The first-order chi connectivity index (χ1) is 14.1. The standard InChI is InChI=1S/C24H29NO4S/c1-6-29-20-14-21(26)24(4,5)23-22(20)18-13-16(3)9-12-19(18)25(23)30(27,28)17-10-7-15(2)8-11-17/h7-13,20,22-23H,6,14H2,1-5H3/t20-,22-,23-/m1/s1. The van der Waals surface area contributed by atoms with Crippen LogP contribution in [0, 0.1) is 19.3 Å². The lowest BCUT2D eigenvalue weighted by Gasteiger charge is -2.46. The zero-order valence-corrected chi connectivity index (χ0v) is 19.0. The lowest BCUT2D eigenvalue weighted by molar-refractivity contribution is -0.137. The maximum atomic E-state index is 13.9. The summed E-state index contributed by atoms with van der Waals surface area (Å²) in [6.07, 6.45) is -0.0346. The van der Waals surface area contributed by atoms with E-state index in [9.17, 15) is 13.2 Å². The van der Waals surface area contributed by atoms with Gasteiger partial charge in [0.2, 0.25) is 0 Å². The van der Waals surface area contributed by atoms with Gasteiger partial charge in [0, 0.05) is 24.4 Å². The largest absolute Gasteiger partial charge is 0.377 e. The highest BCUT2D eigenvalue weighted by Crippen LogP contribution is 2.55. The first-order valence-electron chi connectivity index (χ1n) is 10.5. The third-order valence-corrected chi connectivity index (χ3v) is 8.39. The van der Waals surface area contributed by atoms with Crippen molar-refractivity contribution in [3.63, 3.8) is 0 Å². The first kappa shape index (κ1) is 21.1. The summed E-state index contributed by atoms with van der Waals surface area (Å²) in [6.45, 7) is 10.0. The Labute approximate surface area is 179 Å². The fourth-order valence-corrected chi connectivity index (χ4v) is 6.80. The SMILES string of the molecule is CCO[C@@H]1CC(=O)C(C)(C)[C@H]2[C@@H]1c1cc(C)ccc1N2S(=O)(=O)c1ccc(C)cc1. The second kappa shape index (κ2) is 7.20. The number of carbonyl (C=O) groups excluding carboxylic acids is 1. The summed E-state index contributed by atoms with van der Waals surface area (Å²) >= 11 is 0. The van der Waals surface area contributed by atoms with Crippen molar-refractivity contribution < 1.29 is 17.9 Å². The number of anilines is 1. The number of nitrogens with zero attached hydrogens (tertiary/aromatic N) is 1. The van der Waals surface area contributed by atoms with Gasteiger partial charge in [-0.25, -0.2) is 8.42 Å². The molecule has 4 rings (SSSR count). The Hall–Kier alpha value is -2.18. The van der Waals surface area contributed by atoms with Gasteiger partial charge in [-0.1, -0.05) is 49.2 Å². The highest BCUT2D eigenvalue weighted by molar-refractivity contribution is 7.92. The van der Waals surface area contributed by atoms with Crippen molar-refractivity contribution in [1.82, 2.24) is 0 Å². The molecule has 1 heterocycles. The van der Waals surface area contributed by atoms with Gasteiger partial charge in [0.25, 0.3) is 10.0 Å². The van der Waals surface area contributed by atoms with Crippen molar-refractivity contribution >= 4 is 21.5 Å². The molecule has 6 heteroatoms. The molecule has 0 amide bonds. The van der Waals surface area contributed by atoms with Crippen LogP contribution >= 0.6 is 0 Å². The number of sulfonamides is 1. The van der Waals surface area contributed by atoms with Crippen LogP contribution in [0.5, 0.6) is 0 Å². The summed E-state index contributed by atoms with van der Waals surface area (Å²) in [4.78, 5) is 13.4. The fraction of sp³-hybridized carbons (Fsp3) is 0.458. The number of ketones is 1. The Morgan fingerprint density at radius 3 is 2.33 bits per heavy atom. The lowest BCUT2D eigenvalue weighted by Crippen LogP contribution is -2.57. The third kappa shape index (κ3) is 3.08. The van der Waals surface area contributed by atoms with E-state index in [1.165, 1.54) is 4.31 Å². The van der Waals surface area contributed by atoms with E-state index in [1.807, 2.05) is 46.8 Å². The van der Waals surface area contributed by atoms with Crippen LogP contribution in [-0.4, -0.2) is 33.0 Å². The Morgan fingerprint density at radius 2 is 1.70 bits per heavy atom. The second-order valence-electron chi connectivity index (χ2n) is 8.99. The average molecular weight is 428 g/mol. The van der Waals surface area contributed by atoms with Gasteiger partial charge in [0.05, 0.1) is 22.7 Å². The summed E-state index contributed by atoms with van der Waals surface area (Å²) < 4.78 is 35.3. The van der Waals surface area contributed by atoms with Crippen molar-refractivity contribution in [2.24, 2.45) is 5.41 Å². The minimum Gasteiger partial charge on any atom is -0.377 e. The van der Waals surface area contributed by atoms with Crippen molar-refractivity contribution in [2.75, 3.05) is 10.9 Å². The van der Waals surface area contributed by atoms with Gasteiger partial charge in [0.1, 0.15) is 5.78 Å². The summed E-state index contributed by atoms with van der Waals surface area (Å²) in [5.41, 5.74) is 2.84. The molecule has 0 N–H and O–H groups in total. The molecule has 1 aliphatic heterocycles. The van der Waals surface area contributed by atoms with E-state index in [0.717, 1.165) is 16.7 Å². The van der Waals surface area contributed by atoms with E-state index in [1.54, 1.807) is 24.3 Å². The quantitative estimate of drug-likeness (QED) is 0.727. The van der Waals surface area contributed by atoms with Gasteiger partial charge in [0.15, 0.2) is 0 Å². The molecule has 0 aromatic heterocycles. The number of fused-ring (bicyclic) bond motifs is 3. The molecule has 1 saturated carbocycles.